The number of rotatable bonds is 5. The van der Waals surface area contributed by atoms with Crippen molar-refractivity contribution < 1.29 is 9.53 Å². The standard InChI is InChI=1S/C19H17N7O2/c1-28-11-4-5-14-12(6-11)13(7-15(24-14)10-2-3-10)19(27)26-25-18-16-17(21-8-20-16)22-9-23-18/h4-10H,2-3H2,1H3,(H,26,27)(H2,20,21,22,23,25). The number of anilines is 1. The maximum atomic E-state index is 13.0. The topological polar surface area (TPSA) is 118 Å². The molecule has 0 unspecified atom stereocenters. The van der Waals surface area contributed by atoms with Gasteiger partial charge in [-0.25, -0.2) is 15.0 Å². The molecule has 1 aliphatic rings. The zero-order valence-corrected chi connectivity index (χ0v) is 15.1. The number of hydrogen-bond donors (Lipinski definition) is 3. The van der Waals surface area contributed by atoms with Crippen molar-refractivity contribution in [2.75, 3.05) is 12.5 Å². The monoisotopic (exact) mass is 375 g/mol. The van der Waals surface area contributed by atoms with Crippen LogP contribution in [0, 0.1) is 0 Å². The summed E-state index contributed by atoms with van der Waals surface area (Å²) in [6.45, 7) is 0. The molecule has 5 rings (SSSR count). The third kappa shape index (κ3) is 2.86. The molecule has 0 bridgehead atoms. The van der Waals surface area contributed by atoms with Gasteiger partial charge in [-0.3, -0.25) is 20.6 Å². The van der Waals surface area contributed by atoms with Crippen LogP contribution in [0.25, 0.3) is 22.1 Å². The van der Waals surface area contributed by atoms with E-state index in [2.05, 4.69) is 30.8 Å². The molecule has 1 aliphatic carbocycles. The Labute approximate surface area is 159 Å². The van der Waals surface area contributed by atoms with Gasteiger partial charge < -0.3 is 9.72 Å². The van der Waals surface area contributed by atoms with Crippen LogP contribution >= 0.6 is 0 Å². The van der Waals surface area contributed by atoms with Gasteiger partial charge in [-0.1, -0.05) is 0 Å². The van der Waals surface area contributed by atoms with Crippen LogP contribution in [-0.4, -0.2) is 37.9 Å². The molecule has 1 aromatic carbocycles. The highest BCUT2D eigenvalue weighted by Crippen LogP contribution is 2.40. The Morgan fingerprint density at radius 2 is 2.11 bits per heavy atom. The van der Waals surface area contributed by atoms with E-state index in [0.717, 1.165) is 29.4 Å². The maximum Gasteiger partial charge on any atom is 0.270 e. The van der Waals surface area contributed by atoms with Crippen LogP contribution in [0.2, 0.25) is 0 Å². The van der Waals surface area contributed by atoms with Gasteiger partial charge in [0.05, 0.1) is 24.5 Å². The fourth-order valence-electron chi connectivity index (χ4n) is 3.17. The Hall–Kier alpha value is -3.75. The molecule has 4 aromatic rings. The number of carbonyl (C=O) groups is 1. The third-order valence-corrected chi connectivity index (χ3v) is 4.79. The summed E-state index contributed by atoms with van der Waals surface area (Å²) >= 11 is 0. The Balaban J connectivity index is 1.50. The lowest BCUT2D eigenvalue weighted by molar-refractivity contribution is 0.0964. The summed E-state index contributed by atoms with van der Waals surface area (Å²) in [6.07, 6.45) is 5.12. The van der Waals surface area contributed by atoms with E-state index in [0.29, 0.717) is 34.2 Å². The minimum absolute atomic E-state index is 0.283. The Morgan fingerprint density at radius 1 is 1.21 bits per heavy atom. The molecule has 1 amide bonds. The molecule has 9 nitrogen and oxygen atoms in total. The fraction of sp³-hybridized carbons (Fsp3) is 0.211. The van der Waals surface area contributed by atoms with E-state index >= 15 is 0 Å². The maximum absolute atomic E-state index is 13.0. The van der Waals surface area contributed by atoms with Crippen molar-refractivity contribution in [2.45, 2.75) is 18.8 Å². The highest BCUT2D eigenvalue weighted by atomic mass is 16.5. The minimum atomic E-state index is -0.283. The van der Waals surface area contributed by atoms with Crippen molar-refractivity contribution in [1.82, 2.24) is 30.3 Å². The van der Waals surface area contributed by atoms with Crippen molar-refractivity contribution in [1.29, 1.82) is 0 Å². The van der Waals surface area contributed by atoms with Gasteiger partial charge in [0.2, 0.25) is 0 Å². The summed E-state index contributed by atoms with van der Waals surface area (Å²) in [5, 5.41) is 0.734. The summed E-state index contributed by atoms with van der Waals surface area (Å²) < 4.78 is 5.31. The number of nitrogens with one attached hydrogen (secondary N) is 3. The second-order valence-electron chi connectivity index (χ2n) is 6.65. The normalized spacial score (nSPS) is 13.6. The molecule has 1 saturated carbocycles. The largest absolute Gasteiger partial charge is 0.497 e. The van der Waals surface area contributed by atoms with Gasteiger partial charge >= 0.3 is 0 Å². The molecule has 3 aromatic heterocycles. The number of fused-ring (bicyclic) bond motifs is 2. The number of nitrogens with zero attached hydrogens (tertiary/aromatic N) is 4. The first-order chi connectivity index (χ1) is 13.7. The zero-order valence-electron chi connectivity index (χ0n) is 15.1. The Bertz CT molecular complexity index is 1200. The summed E-state index contributed by atoms with van der Waals surface area (Å²) in [5.41, 5.74) is 8.96. The highest BCUT2D eigenvalue weighted by Gasteiger charge is 2.27. The molecule has 3 N–H and O–H groups in total. The number of aromatic amines is 1. The van der Waals surface area contributed by atoms with Crippen LogP contribution in [0.1, 0.15) is 34.8 Å². The number of methoxy groups -OCH3 is 1. The van der Waals surface area contributed by atoms with Crippen molar-refractivity contribution in [3.05, 3.63) is 48.2 Å². The molecular weight excluding hydrogens is 358 g/mol. The number of aromatic nitrogens is 5. The van der Waals surface area contributed by atoms with Crippen molar-refractivity contribution >= 4 is 33.8 Å². The van der Waals surface area contributed by atoms with Crippen molar-refractivity contribution in [3.8, 4) is 5.75 Å². The molecule has 0 radical (unpaired) electrons. The van der Waals surface area contributed by atoms with Crippen molar-refractivity contribution in [2.24, 2.45) is 0 Å². The number of imidazole rings is 1. The number of carbonyl (C=O) groups excluding carboxylic acids is 1. The molecule has 0 spiro atoms. The van der Waals surface area contributed by atoms with Gasteiger partial charge in [-0.2, -0.15) is 0 Å². The lowest BCUT2D eigenvalue weighted by Crippen LogP contribution is -2.30. The molecule has 0 atom stereocenters. The second kappa shape index (κ2) is 6.45. The first-order valence-electron chi connectivity index (χ1n) is 8.92. The molecule has 28 heavy (non-hydrogen) atoms. The lowest BCUT2D eigenvalue weighted by Gasteiger charge is -2.12. The van der Waals surface area contributed by atoms with Gasteiger partial charge in [-0.15, -0.1) is 0 Å². The number of H-pyrrole nitrogens is 1. The van der Waals surface area contributed by atoms with Crippen molar-refractivity contribution in [3.63, 3.8) is 0 Å². The minimum Gasteiger partial charge on any atom is -0.497 e. The third-order valence-electron chi connectivity index (χ3n) is 4.79. The molecule has 3 heterocycles. The zero-order chi connectivity index (χ0) is 19.1. The predicted molar refractivity (Wildman–Crippen MR) is 103 cm³/mol. The van der Waals surface area contributed by atoms with Gasteiger partial charge in [0.15, 0.2) is 11.5 Å². The average molecular weight is 375 g/mol. The summed E-state index contributed by atoms with van der Waals surface area (Å²) in [7, 11) is 1.60. The van der Waals surface area contributed by atoms with Crippen LogP contribution < -0.4 is 15.6 Å². The van der Waals surface area contributed by atoms with E-state index in [1.54, 1.807) is 7.11 Å². The summed E-state index contributed by atoms with van der Waals surface area (Å²) in [4.78, 5) is 32.9. The number of benzene rings is 1. The molecule has 9 heteroatoms. The van der Waals surface area contributed by atoms with E-state index in [9.17, 15) is 4.79 Å². The van der Waals surface area contributed by atoms with Crippen LogP contribution in [0.15, 0.2) is 36.9 Å². The van der Waals surface area contributed by atoms with Crippen LogP contribution in [-0.2, 0) is 0 Å². The fourth-order valence-corrected chi connectivity index (χ4v) is 3.17. The van der Waals surface area contributed by atoms with Gasteiger partial charge in [0.1, 0.15) is 17.6 Å². The quantitative estimate of drug-likeness (QED) is 0.459. The number of ether oxygens (including phenoxy) is 1. The predicted octanol–water partition coefficient (Wildman–Crippen LogP) is 2.54. The smallest absolute Gasteiger partial charge is 0.270 e. The van der Waals surface area contributed by atoms with E-state index in [1.807, 2.05) is 24.3 Å². The molecule has 0 saturated heterocycles. The summed E-state index contributed by atoms with van der Waals surface area (Å²) in [5.74, 6) is 1.26. The number of pyridine rings is 1. The first-order valence-corrected chi connectivity index (χ1v) is 8.92. The van der Waals surface area contributed by atoms with Crippen LogP contribution in [0.4, 0.5) is 5.82 Å². The number of hydrazine groups is 1. The lowest BCUT2D eigenvalue weighted by atomic mass is 10.1. The number of amides is 1. The number of hydrogen-bond acceptors (Lipinski definition) is 7. The summed E-state index contributed by atoms with van der Waals surface area (Å²) in [6, 6.07) is 7.42. The van der Waals surface area contributed by atoms with E-state index < -0.39 is 0 Å². The van der Waals surface area contributed by atoms with E-state index in [-0.39, 0.29) is 5.91 Å². The molecule has 1 fully saturated rings. The average Bonchev–Trinajstić information content (AvgIpc) is 3.47. The van der Waals surface area contributed by atoms with Gasteiger partial charge in [0, 0.05) is 17.0 Å². The van der Waals surface area contributed by atoms with E-state index in [1.165, 1.54) is 12.7 Å². The van der Waals surface area contributed by atoms with Gasteiger partial charge in [-0.05, 0) is 37.1 Å². The first kappa shape index (κ1) is 16.4. The van der Waals surface area contributed by atoms with Gasteiger partial charge in [0.25, 0.3) is 5.91 Å². The molecule has 0 aliphatic heterocycles. The van der Waals surface area contributed by atoms with E-state index in [4.69, 9.17) is 9.72 Å². The SMILES string of the molecule is COc1ccc2nc(C3CC3)cc(C(=O)NNc3ncnc4nc[nH]c34)c2c1. The Kier molecular flexibility index (Phi) is 3.78. The highest BCUT2D eigenvalue weighted by molar-refractivity contribution is 6.07. The van der Waals surface area contributed by atoms with Crippen LogP contribution in [0.3, 0.4) is 0 Å². The van der Waals surface area contributed by atoms with Crippen LogP contribution in [0.5, 0.6) is 5.75 Å². The molecule has 140 valence electrons. The second-order valence-corrected chi connectivity index (χ2v) is 6.65. The Morgan fingerprint density at radius 3 is 2.93 bits per heavy atom. The molecular formula is C19H17N7O2.